The summed E-state index contributed by atoms with van der Waals surface area (Å²) >= 11 is 0. The zero-order valence-corrected chi connectivity index (χ0v) is 13.1. The average Bonchev–Trinajstić information content (AvgIpc) is 3.40. The fourth-order valence-corrected chi connectivity index (χ4v) is 2.83. The van der Waals surface area contributed by atoms with Crippen LogP contribution in [0.25, 0.3) is 0 Å². The number of hydrogen-bond donors (Lipinski definition) is 2. The van der Waals surface area contributed by atoms with Crippen LogP contribution in [0.1, 0.15) is 18.4 Å². The third-order valence-corrected chi connectivity index (χ3v) is 4.44. The van der Waals surface area contributed by atoms with Gasteiger partial charge in [-0.05, 0) is 24.3 Å². The number of amides is 2. The van der Waals surface area contributed by atoms with Crippen molar-refractivity contribution in [2.75, 3.05) is 19.8 Å². The summed E-state index contributed by atoms with van der Waals surface area (Å²) in [6.45, 7) is 1.12. The van der Waals surface area contributed by atoms with Crippen LogP contribution >= 0.6 is 0 Å². The van der Waals surface area contributed by atoms with Crippen molar-refractivity contribution >= 4 is 11.8 Å². The van der Waals surface area contributed by atoms with Gasteiger partial charge in [-0.15, -0.1) is 0 Å². The molecule has 2 fully saturated rings. The summed E-state index contributed by atoms with van der Waals surface area (Å²) in [4.78, 5) is 26.2. The molecule has 1 aromatic carbocycles. The highest BCUT2D eigenvalue weighted by molar-refractivity contribution is 5.89. The van der Waals surface area contributed by atoms with Crippen molar-refractivity contribution in [2.45, 2.75) is 31.5 Å². The predicted molar refractivity (Wildman–Crippen MR) is 85.3 cm³/mol. The van der Waals surface area contributed by atoms with E-state index in [9.17, 15) is 9.59 Å². The SMILES string of the molecule is NC(CNC(=O)[C@H]1COCC(=O)N1Cc1ccccc1)C1CC1. The van der Waals surface area contributed by atoms with E-state index in [1.54, 1.807) is 4.90 Å². The van der Waals surface area contributed by atoms with Gasteiger partial charge in [0.2, 0.25) is 11.8 Å². The molecule has 1 unspecified atom stereocenters. The number of benzene rings is 1. The van der Waals surface area contributed by atoms with Gasteiger partial charge in [-0.25, -0.2) is 0 Å². The Morgan fingerprint density at radius 3 is 2.78 bits per heavy atom. The zero-order chi connectivity index (χ0) is 16.2. The van der Waals surface area contributed by atoms with Crippen LogP contribution in [0.15, 0.2) is 30.3 Å². The van der Waals surface area contributed by atoms with Crippen molar-refractivity contribution in [1.29, 1.82) is 0 Å². The molecule has 1 aliphatic carbocycles. The second kappa shape index (κ2) is 7.10. The highest BCUT2D eigenvalue weighted by Crippen LogP contribution is 2.31. The number of carbonyl (C=O) groups excluding carboxylic acids is 2. The lowest BCUT2D eigenvalue weighted by Crippen LogP contribution is -2.57. The largest absolute Gasteiger partial charge is 0.369 e. The number of carbonyl (C=O) groups is 2. The van der Waals surface area contributed by atoms with Gasteiger partial charge in [0.25, 0.3) is 0 Å². The number of nitrogens with two attached hydrogens (primary N) is 1. The number of rotatable bonds is 6. The van der Waals surface area contributed by atoms with Crippen LogP contribution < -0.4 is 11.1 Å². The fraction of sp³-hybridized carbons (Fsp3) is 0.529. The summed E-state index contributed by atoms with van der Waals surface area (Å²) in [7, 11) is 0. The molecule has 2 aliphatic rings. The molecule has 3 rings (SSSR count). The third-order valence-electron chi connectivity index (χ3n) is 4.44. The minimum Gasteiger partial charge on any atom is -0.369 e. The Hall–Kier alpha value is -1.92. The van der Waals surface area contributed by atoms with Crippen LogP contribution in [-0.2, 0) is 20.9 Å². The summed E-state index contributed by atoms with van der Waals surface area (Å²) in [6.07, 6.45) is 2.28. The highest BCUT2D eigenvalue weighted by atomic mass is 16.5. The lowest BCUT2D eigenvalue weighted by molar-refractivity contribution is -0.155. The van der Waals surface area contributed by atoms with Crippen molar-refractivity contribution in [2.24, 2.45) is 11.7 Å². The second-order valence-corrected chi connectivity index (χ2v) is 6.28. The predicted octanol–water partition coefficient (Wildman–Crippen LogP) is 0.268. The molecule has 1 saturated carbocycles. The minimum absolute atomic E-state index is 0.00161. The molecule has 0 aromatic heterocycles. The van der Waals surface area contributed by atoms with E-state index in [2.05, 4.69) is 5.32 Å². The Bertz CT molecular complexity index is 559. The molecular weight excluding hydrogens is 294 g/mol. The molecular formula is C17H23N3O3. The molecule has 6 nitrogen and oxygen atoms in total. The first kappa shape index (κ1) is 16.0. The lowest BCUT2D eigenvalue weighted by atomic mass is 10.1. The minimum atomic E-state index is -0.595. The maximum absolute atomic E-state index is 12.5. The van der Waals surface area contributed by atoms with Gasteiger partial charge in [-0.1, -0.05) is 30.3 Å². The van der Waals surface area contributed by atoms with Crippen LogP contribution in [0.5, 0.6) is 0 Å². The number of morpholine rings is 1. The summed E-state index contributed by atoms with van der Waals surface area (Å²) in [5.41, 5.74) is 7.01. The molecule has 1 aromatic rings. The van der Waals surface area contributed by atoms with E-state index in [4.69, 9.17) is 10.5 Å². The van der Waals surface area contributed by atoms with E-state index in [-0.39, 0.29) is 31.1 Å². The molecule has 2 amide bonds. The van der Waals surface area contributed by atoms with Gasteiger partial charge in [0.05, 0.1) is 6.61 Å². The molecule has 1 aliphatic heterocycles. The molecule has 124 valence electrons. The van der Waals surface area contributed by atoms with E-state index in [0.717, 1.165) is 18.4 Å². The first-order valence-corrected chi connectivity index (χ1v) is 8.09. The maximum atomic E-state index is 12.5. The fourth-order valence-electron chi connectivity index (χ4n) is 2.83. The van der Waals surface area contributed by atoms with Gasteiger partial charge >= 0.3 is 0 Å². The standard InChI is InChI=1S/C17H23N3O3/c18-14(13-6-7-13)8-19-17(22)15-10-23-11-16(21)20(15)9-12-4-2-1-3-5-12/h1-5,13-15H,6-11,18H2,(H,19,22)/t14?,15-/m1/s1. The molecule has 2 atom stereocenters. The Morgan fingerprint density at radius 1 is 1.35 bits per heavy atom. The van der Waals surface area contributed by atoms with Gasteiger partial charge in [0, 0.05) is 19.1 Å². The van der Waals surface area contributed by atoms with E-state index in [1.807, 2.05) is 30.3 Å². The summed E-state index contributed by atoms with van der Waals surface area (Å²) in [5, 5.41) is 2.87. The van der Waals surface area contributed by atoms with E-state index >= 15 is 0 Å². The lowest BCUT2D eigenvalue weighted by Gasteiger charge is -2.34. The number of nitrogens with zero attached hydrogens (tertiary/aromatic N) is 1. The molecule has 1 heterocycles. The van der Waals surface area contributed by atoms with Gasteiger partial charge < -0.3 is 20.7 Å². The van der Waals surface area contributed by atoms with Crippen LogP contribution in [0.4, 0.5) is 0 Å². The summed E-state index contributed by atoms with van der Waals surface area (Å²) in [5.74, 6) is 0.178. The number of nitrogens with one attached hydrogen (secondary N) is 1. The van der Waals surface area contributed by atoms with E-state index in [0.29, 0.717) is 19.0 Å². The zero-order valence-electron chi connectivity index (χ0n) is 13.1. The molecule has 0 spiro atoms. The Morgan fingerprint density at radius 2 is 2.09 bits per heavy atom. The van der Waals surface area contributed by atoms with Crippen LogP contribution in [0, 0.1) is 5.92 Å². The molecule has 0 radical (unpaired) electrons. The van der Waals surface area contributed by atoms with Crippen molar-refractivity contribution < 1.29 is 14.3 Å². The van der Waals surface area contributed by atoms with E-state index in [1.165, 1.54) is 0 Å². The smallest absolute Gasteiger partial charge is 0.249 e. The highest BCUT2D eigenvalue weighted by Gasteiger charge is 2.35. The Kier molecular flexibility index (Phi) is 4.93. The van der Waals surface area contributed by atoms with Gasteiger partial charge in [0.15, 0.2) is 0 Å². The van der Waals surface area contributed by atoms with Gasteiger partial charge in [-0.2, -0.15) is 0 Å². The molecule has 3 N–H and O–H groups in total. The molecule has 1 saturated heterocycles. The molecule has 0 bridgehead atoms. The van der Waals surface area contributed by atoms with Crippen LogP contribution in [0.2, 0.25) is 0 Å². The Balaban J connectivity index is 1.62. The number of ether oxygens (including phenoxy) is 1. The third kappa shape index (κ3) is 4.09. The first-order valence-electron chi connectivity index (χ1n) is 8.09. The summed E-state index contributed by atoms with van der Waals surface area (Å²) < 4.78 is 5.27. The van der Waals surface area contributed by atoms with Crippen molar-refractivity contribution in [1.82, 2.24) is 10.2 Å². The first-order chi connectivity index (χ1) is 11.1. The van der Waals surface area contributed by atoms with Crippen molar-refractivity contribution in [3.63, 3.8) is 0 Å². The van der Waals surface area contributed by atoms with Crippen molar-refractivity contribution in [3.05, 3.63) is 35.9 Å². The molecule has 23 heavy (non-hydrogen) atoms. The maximum Gasteiger partial charge on any atom is 0.249 e. The average molecular weight is 317 g/mol. The summed E-state index contributed by atoms with van der Waals surface area (Å²) in [6, 6.07) is 9.06. The van der Waals surface area contributed by atoms with Gasteiger partial charge in [0.1, 0.15) is 12.6 Å². The second-order valence-electron chi connectivity index (χ2n) is 6.28. The van der Waals surface area contributed by atoms with Crippen molar-refractivity contribution in [3.8, 4) is 0 Å². The van der Waals surface area contributed by atoms with Gasteiger partial charge in [-0.3, -0.25) is 9.59 Å². The number of hydrogen-bond acceptors (Lipinski definition) is 4. The molecule has 6 heteroatoms. The Labute approximate surface area is 136 Å². The monoisotopic (exact) mass is 317 g/mol. The topological polar surface area (TPSA) is 84.7 Å². The van der Waals surface area contributed by atoms with E-state index < -0.39 is 6.04 Å². The van der Waals surface area contributed by atoms with Crippen LogP contribution in [-0.4, -0.2) is 48.6 Å². The van der Waals surface area contributed by atoms with Crippen LogP contribution in [0.3, 0.4) is 0 Å². The quantitative estimate of drug-likeness (QED) is 0.788. The normalized spacial score (nSPS) is 22.7.